The van der Waals surface area contributed by atoms with E-state index in [0.29, 0.717) is 12.8 Å². The van der Waals surface area contributed by atoms with Crippen molar-refractivity contribution >= 4 is 11.9 Å². The molecule has 122 valence electrons. The fraction of sp³-hybridized carbons (Fsp3) is 0.500. The molecule has 1 aromatic rings. The SMILES string of the molecule is CCCCCC[C@H](NC(=O)Cc1cc(F)cc(F)c1)C(=O)O. The summed E-state index contributed by atoms with van der Waals surface area (Å²) in [6, 6.07) is 1.86. The molecular formula is C16H21F2NO3. The molecule has 1 aromatic carbocycles. The molecule has 2 N–H and O–H groups in total. The highest BCUT2D eigenvalue weighted by Gasteiger charge is 2.19. The number of amides is 1. The van der Waals surface area contributed by atoms with E-state index in [9.17, 15) is 18.4 Å². The van der Waals surface area contributed by atoms with Crippen LogP contribution in [0.2, 0.25) is 0 Å². The van der Waals surface area contributed by atoms with E-state index in [1.807, 2.05) is 0 Å². The van der Waals surface area contributed by atoms with E-state index in [1.54, 1.807) is 0 Å². The summed E-state index contributed by atoms with van der Waals surface area (Å²) in [4.78, 5) is 22.9. The van der Waals surface area contributed by atoms with Crippen LogP contribution in [0.15, 0.2) is 18.2 Å². The van der Waals surface area contributed by atoms with Crippen LogP contribution in [0.1, 0.15) is 44.6 Å². The first-order valence-electron chi connectivity index (χ1n) is 7.39. The van der Waals surface area contributed by atoms with E-state index >= 15 is 0 Å². The number of nitrogens with one attached hydrogen (secondary N) is 1. The number of benzene rings is 1. The zero-order valence-electron chi connectivity index (χ0n) is 12.6. The van der Waals surface area contributed by atoms with Crippen molar-refractivity contribution in [2.75, 3.05) is 0 Å². The molecule has 0 spiro atoms. The molecule has 0 heterocycles. The van der Waals surface area contributed by atoms with Gasteiger partial charge in [0, 0.05) is 6.07 Å². The molecule has 0 aliphatic heterocycles. The number of unbranched alkanes of at least 4 members (excludes halogenated alkanes) is 3. The van der Waals surface area contributed by atoms with E-state index in [2.05, 4.69) is 12.2 Å². The van der Waals surface area contributed by atoms with Crippen molar-refractivity contribution in [2.24, 2.45) is 0 Å². The van der Waals surface area contributed by atoms with Gasteiger partial charge in [0.15, 0.2) is 0 Å². The molecule has 1 atom stereocenters. The molecule has 0 unspecified atom stereocenters. The van der Waals surface area contributed by atoms with Crippen LogP contribution in [0.4, 0.5) is 8.78 Å². The lowest BCUT2D eigenvalue weighted by Crippen LogP contribution is -2.41. The molecule has 1 rings (SSSR count). The maximum atomic E-state index is 13.0. The van der Waals surface area contributed by atoms with Gasteiger partial charge in [0.2, 0.25) is 5.91 Å². The molecule has 0 aliphatic carbocycles. The second-order valence-corrected chi connectivity index (χ2v) is 5.26. The zero-order chi connectivity index (χ0) is 16.5. The number of carboxylic acid groups (broad SMARTS) is 1. The van der Waals surface area contributed by atoms with E-state index < -0.39 is 29.6 Å². The summed E-state index contributed by atoms with van der Waals surface area (Å²) in [5.74, 6) is -3.20. The van der Waals surface area contributed by atoms with Crippen LogP contribution in [0.5, 0.6) is 0 Å². The van der Waals surface area contributed by atoms with E-state index in [-0.39, 0.29) is 12.0 Å². The first kappa shape index (κ1) is 18.1. The minimum atomic E-state index is -1.10. The molecule has 0 bridgehead atoms. The average molecular weight is 313 g/mol. The first-order chi connectivity index (χ1) is 10.4. The van der Waals surface area contributed by atoms with Crippen molar-refractivity contribution in [3.63, 3.8) is 0 Å². The summed E-state index contributed by atoms with van der Waals surface area (Å²) in [7, 11) is 0. The van der Waals surface area contributed by atoms with Crippen molar-refractivity contribution < 1.29 is 23.5 Å². The lowest BCUT2D eigenvalue weighted by Gasteiger charge is -2.14. The van der Waals surface area contributed by atoms with Gasteiger partial charge in [-0.05, 0) is 24.1 Å². The molecular weight excluding hydrogens is 292 g/mol. The van der Waals surface area contributed by atoms with Crippen LogP contribution in [0.25, 0.3) is 0 Å². The molecule has 0 saturated heterocycles. The Balaban J connectivity index is 2.54. The third-order valence-corrected chi connectivity index (χ3v) is 3.27. The number of hydrogen-bond acceptors (Lipinski definition) is 2. The first-order valence-corrected chi connectivity index (χ1v) is 7.39. The van der Waals surface area contributed by atoms with Gasteiger partial charge in [-0.3, -0.25) is 4.79 Å². The number of carbonyl (C=O) groups is 2. The number of halogens is 2. The second-order valence-electron chi connectivity index (χ2n) is 5.26. The van der Waals surface area contributed by atoms with E-state index in [1.165, 1.54) is 0 Å². The van der Waals surface area contributed by atoms with Crippen molar-refractivity contribution in [3.8, 4) is 0 Å². The Hall–Kier alpha value is -1.98. The molecule has 22 heavy (non-hydrogen) atoms. The second kappa shape index (κ2) is 9.12. The van der Waals surface area contributed by atoms with Crippen LogP contribution in [0.3, 0.4) is 0 Å². The lowest BCUT2D eigenvalue weighted by molar-refractivity contribution is -0.142. The normalized spacial score (nSPS) is 12.0. The minimum Gasteiger partial charge on any atom is -0.480 e. The monoisotopic (exact) mass is 313 g/mol. The van der Waals surface area contributed by atoms with Gasteiger partial charge in [0.25, 0.3) is 0 Å². The summed E-state index contributed by atoms with van der Waals surface area (Å²) in [5.41, 5.74) is 0.171. The Morgan fingerprint density at radius 2 is 1.77 bits per heavy atom. The smallest absolute Gasteiger partial charge is 0.326 e. The van der Waals surface area contributed by atoms with E-state index in [0.717, 1.165) is 37.5 Å². The third kappa shape index (κ3) is 6.65. The van der Waals surface area contributed by atoms with Gasteiger partial charge in [-0.1, -0.05) is 32.6 Å². The molecule has 0 fully saturated rings. The number of hydrogen-bond donors (Lipinski definition) is 2. The zero-order valence-corrected chi connectivity index (χ0v) is 12.6. The van der Waals surface area contributed by atoms with Gasteiger partial charge >= 0.3 is 5.97 Å². The molecule has 0 aromatic heterocycles. The minimum absolute atomic E-state index is 0.171. The summed E-state index contributed by atoms with van der Waals surface area (Å²) in [6.45, 7) is 2.05. The highest BCUT2D eigenvalue weighted by molar-refractivity contribution is 5.84. The predicted octanol–water partition coefficient (Wildman–Crippen LogP) is 3.05. The van der Waals surface area contributed by atoms with Gasteiger partial charge < -0.3 is 10.4 Å². The number of rotatable bonds is 9. The fourth-order valence-corrected chi connectivity index (χ4v) is 2.18. The summed E-state index contributed by atoms with van der Waals surface area (Å²) >= 11 is 0. The molecule has 0 aliphatic rings. The Bertz CT molecular complexity index is 500. The Kier molecular flexibility index (Phi) is 7.49. The van der Waals surface area contributed by atoms with Gasteiger partial charge in [-0.25, -0.2) is 13.6 Å². The predicted molar refractivity (Wildman–Crippen MR) is 78.4 cm³/mol. The van der Waals surface area contributed by atoms with Crippen molar-refractivity contribution in [1.82, 2.24) is 5.32 Å². The topological polar surface area (TPSA) is 66.4 Å². The van der Waals surface area contributed by atoms with Gasteiger partial charge in [0.1, 0.15) is 17.7 Å². The molecule has 0 saturated carbocycles. The number of carbonyl (C=O) groups excluding carboxylic acids is 1. The molecule has 0 radical (unpaired) electrons. The standard InChI is InChI=1S/C16H21F2NO3/c1-2-3-4-5-6-14(16(21)22)19-15(20)9-11-7-12(17)10-13(18)8-11/h7-8,10,14H,2-6,9H2,1H3,(H,19,20)(H,21,22)/t14-/m0/s1. The van der Waals surface area contributed by atoms with Crippen molar-refractivity contribution in [2.45, 2.75) is 51.5 Å². The van der Waals surface area contributed by atoms with Crippen LogP contribution < -0.4 is 5.32 Å². The van der Waals surface area contributed by atoms with Crippen molar-refractivity contribution in [1.29, 1.82) is 0 Å². The van der Waals surface area contributed by atoms with Gasteiger partial charge in [-0.15, -0.1) is 0 Å². The molecule has 1 amide bonds. The van der Waals surface area contributed by atoms with Crippen LogP contribution in [-0.2, 0) is 16.0 Å². The summed E-state index contributed by atoms with van der Waals surface area (Å²) < 4.78 is 26.1. The Morgan fingerprint density at radius 1 is 1.14 bits per heavy atom. The number of carboxylic acids is 1. The molecule has 6 heteroatoms. The summed E-state index contributed by atoms with van der Waals surface area (Å²) in [6.07, 6.45) is 3.76. The number of aliphatic carboxylic acids is 1. The van der Waals surface area contributed by atoms with Gasteiger partial charge in [-0.2, -0.15) is 0 Å². The van der Waals surface area contributed by atoms with Crippen LogP contribution >= 0.6 is 0 Å². The van der Waals surface area contributed by atoms with Crippen LogP contribution in [0, 0.1) is 11.6 Å². The quantitative estimate of drug-likeness (QED) is 0.689. The maximum absolute atomic E-state index is 13.0. The highest BCUT2D eigenvalue weighted by Crippen LogP contribution is 2.10. The Labute approximate surface area is 128 Å². The van der Waals surface area contributed by atoms with Gasteiger partial charge in [0.05, 0.1) is 6.42 Å². The van der Waals surface area contributed by atoms with Crippen LogP contribution in [-0.4, -0.2) is 23.0 Å². The Morgan fingerprint density at radius 3 is 2.32 bits per heavy atom. The van der Waals surface area contributed by atoms with E-state index in [4.69, 9.17) is 5.11 Å². The van der Waals surface area contributed by atoms with Crippen molar-refractivity contribution in [3.05, 3.63) is 35.4 Å². The lowest BCUT2D eigenvalue weighted by atomic mass is 10.1. The molecule has 4 nitrogen and oxygen atoms in total. The largest absolute Gasteiger partial charge is 0.480 e. The highest BCUT2D eigenvalue weighted by atomic mass is 19.1. The summed E-state index contributed by atoms with van der Waals surface area (Å²) in [5, 5.41) is 11.5. The maximum Gasteiger partial charge on any atom is 0.326 e. The fourth-order valence-electron chi connectivity index (χ4n) is 2.18. The average Bonchev–Trinajstić information content (AvgIpc) is 2.40. The third-order valence-electron chi connectivity index (χ3n) is 3.27.